The van der Waals surface area contributed by atoms with Gasteiger partial charge in [-0.3, -0.25) is 4.79 Å². The fourth-order valence-corrected chi connectivity index (χ4v) is 2.30. The highest BCUT2D eigenvalue weighted by Crippen LogP contribution is 2.30. The Balaban J connectivity index is 3.09. The minimum absolute atomic E-state index is 0.131. The number of hydrogen-bond acceptors (Lipinski definition) is 3. The lowest BCUT2D eigenvalue weighted by molar-refractivity contribution is -0.139. The van der Waals surface area contributed by atoms with Crippen molar-refractivity contribution in [3.63, 3.8) is 0 Å². The van der Waals surface area contributed by atoms with E-state index in [1.807, 2.05) is 58.9 Å². The number of rotatable bonds is 5. The van der Waals surface area contributed by atoms with Crippen LogP contribution in [0.1, 0.15) is 46.1 Å². The monoisotopic (exact) mass is 279 g/mol. The van der Waals surface area contributed by atoms with Gasteiger partial charge < -0.3 is 15.6 Å². The number of hydrogen-bond donors (Lipinski definition) is 2. The van der Waals surface area contributed by atoms with E-state index in [0.29, 0.717) is 0 Å². The van der Waals surface area contributed by atoms with Crippen LogP contribution in [0.3, 0.4) is 0 Å². The maximum atomic E-state index is 11.2. The van der Waals surface area contributed by atoms with Crippen LogP contribution in [-0.2, 0) is 4.79 Å². The van der Waals surface area contributed by atoms with E-state index in [9.17, 15) is 4.79 Å². The summed E-state index contributed by atoms with van der Waals surface area (Å²) in [5, 5.41) is 9.16. The molecule has 4 nitrogen and oxygen atoms in total. The van der Waals surface area contributed by atoms with E-state index in [0.717, 1.165) is 11.3 Å². The summed E-state index contributed by atoms with van der Waals surface area (Å²) < 4.78 is 5.82. The summed E-state index contributed by atoms with van der Waals surface area (Å²) in [5.41, 5.74) is 6.44. The van der Waals surface area contributed by atoms with Crippen molar-refractivity contribution in [1.29, 1.82) is 0 Å². The van der Waals surface area contributed by atoms with E-state index in [2.05, 4.69) is 0 Å². The van der Waals surface area contributed by atoms with Crippen LogP contribution in [0.15, 0.2) is 24.3 Å². The van der Waals surface area contributed by atoms with E-state index >= 15 is 0 Å². The lowest BCUT2D eigenvalue weighted by Crippen LogP contribution is -2.39. The zero-order valence-electron chi connectivity index (χ0n) is 12.9. The third-order valence-corrected chi connectivity index (χ3v) is 3.06. The van der Waals surface area contributed by atoms with Crippen LogP contribution in [0.5, 0.6) is 5.75 Å². The van der Waals surface area contributed by atoms with Gasteiger partial charge in [0.25, 0.3) is 0 Å². The molecule has 0 amide bonds. The third kappa shape index (κ3) is 4.53. The molecule has 2 unspecified atom stereocenters. The molecule has 0 fully saturated rings. The molecule has 0 bridgehead atoms. The highest BCUT2D eigenvalue weighted by Gasteiger charge is 2.29. The van der Waals surface area contributed by atoms with Crippen LogP contribution in [0.2, 0.25) is 0 Å². The van der Waals surface area contributed by atoms with Crippen LogP contribution in [0, 0.1) is 5.92 Å². The Labute approximate surface area is 120 Å². The van der Waals surface area contributed by atoms with E-state index in [4.69, 9.17) is 15.6 Å². The molecular formula is C16H25NO3. The summed E-state index contributed by atoms with van der Waals surface area (Å²) in [5.74, 6) is -0.355. The summed E-state index contributed by atoms with van der Waals surface area (Å²) in [6.07, 6.45) is 0. The molecule has 0 heterocycles. The van der Waals surface area contributed by atoms with Crippen molar-refractivity contribution in [2.45, 2.75) is 52.2 Å². The summed E-state index contributed by atoms with van der Waals surface area (Å²) in [4.78, 5) is 11.2. The second kappa shape index (κ2) is 6.27. The molecule has 0 aromatic heterocycles. The zero-order valence-corrected chi connectivity index (χ0v) is 12.9. The number of carbonyl (C=O) groups is 1. The van der Waals surface area contributed by atoms with Gasteiger partial charge in [-0.25, -0.2) is 0 Å². The van der Waals surface area contributed by atoms with E-state index < -0.39 is 12.0 Å². The number of ether oxygens (including phenoxy) is 1. The van der Waals surface area contributed by atoms with E-state index in [1.165, 1.54) is 0 Å². The molecule has 3 N–H and O–H groups in total. The Bertz CT molecular complexity index is 463. The van der Waals surface area contributed by atoms with Crippen LogP contribution in [0.4, 0.5) is 0 Å². The average molecular weight is 279 g/mol. The molecule has 1 rings (SSSR count). The Hall–Kier alpha value is -1.55. The number of nitrogens with two attached hydrogens (primary N) is 1. The molecule has 4 heteroatoms. The Kier molecular flexibility index (Phi) is 5.17. The predicted molar refractivity (Wildman–Crippen MR) is 80.0 cm³/mol. The van der Waals surface area contributed by atoms with Crippen molar-refractivity contribution in [3.05, 3.63) is 29.8 Å². The van der Waals surface area contributed by atoms with Gasteiger partial charge in [-0.15, -0.1) is 0 Å². The summed E-state index contributed by atoms with van der Waals surface area (Å²) in [6, 6.07) is 6.63. The topological polar surface area (TPSA) is 72.5 Å². The van der Waals surface area contributed by atoms with Gasteiger partial charge in [-0.1, -0.05) is 26.0 Å². The normalized spacial score (nSPS) is 14.9. The third-order valence-electron chi connectivity index (χ3n) is 3.06. The molecule has 0 aliphatic carbocycles. The molecule has 2 atom stereocenters. The van der Waals surface area contributed by atoms with Gasteiger partial charge in [0, 0.05) is 5.92 Å². The molecule has 0 radical (unpaired) electrons. The minimum Gasteiger partial charge on any atom is -0.488 e. The van der Waals surface area contributed by atoms with Crippen LogP contribution in [0.25, 0.3) is 0 Å². The zero-order chi connectivity index (χ0) is 15.5. The van der Waals surface area contributed by atoms with Crippen molar-refractivity contribution in [2.75, 3.05) is 0 Å². The van der Waals surface area contributed by atoms with E-state index in [1.54, 1.807) is 0 Å². The highest BCUT2D eigenvalue weighted by atomic mass is 16.5. The van der Waals surface area contributed by atoms with Gasteiger partial charge in [-0.2, -0.15) is 0 Å². The number of carboxylic acids is 1. The van der Waals surface area contributed by atoms with Gasteiger partial charge in [0.2, 0.25) is 0 Å². The first-order valence-corrected chi connectivity index (χ1v) is 6.89. The van der Waals surface area contributed by atoms with Crippen LogP contribution >= 0.6 is 0 Å². The van der Waals surface area contributed by atoms with Crippen molar-refractivity contribution >= 4 is 5.97 Å². The molecule has 0 spiro atoms. The average Bonchev–Trinajstić information content (AvgIpc) is 2.26. The smallest absolute Gasteiger partial charge is 0.321 e. The Morgan fingerprint density at radius 2 is 1.90 bits per heavy atom. The van der Waals surface area contributed by atoms with Crippen molar-refractivity contribution < 1.29 is 14.6 Å². The summed E-state index contributed by atoms with van der Waals surface area (Å²) in [6.45, 7) is 9.88. The Morgan fingerprint density at radius 3 is 2.35 bits per heavy atom. The molecule has 0 saturated heterocycles. The molecule has 1 aromatic carbocycles. The van der Waals surface area contributed by atoms with Crippen molar-refractivity contribution in [2.24, 2.45) is 11.7 Å². The van der Waals surface area contributed by atoms with Gasteiger partial charge in [0.05, 0.1) is 0 Å². The first-order chi connectivity index (χ1) is 9.11. The lowest BCUT2D eigenvalue weighted by Gasteiger charge is -2.27. The fourth-order valence-electron chi connectivity index (χ4n) is 2.30. The molecular weight excluding hydrogens is 254 g/mol. The fraction of sp³-hybridized carbons (Fsp3) is 0.562. The van der Waals surface area contributed by atoms with Gasteiger partial charge in [0.1, 0.15) is 17.4 Å². The van der Waals surface area contributed by atoms with Crippen molar-refractivity contribution in [1.82, 2.24) is 0 Å². The van der Waals surface area contributed by atoms with Crippen molar-refractivity contribution in [3.8, 4) is 5.75 Å². The van der Waals surface area contributed by atoms with Gasteiger partial charge in [0.15, 0.2) is 0 Å². The Morgan fingerprint density at radius 1 is 1.30 bits per heavy atom. The van der Waals surface area contributed by atoms with Crippen LogP contribution in [-0.4, -0.2) is 22.7 Å². The first-order valence-electron chi connectivity index (χ1n) is 6.89. The maximum Gasteiger partial charge on any atom is 0.321 e. The largest absolute Gasteiger partial charge is 0.488 e. The highest BCUT2D eigenvalue weighted by molar-refractivity contribution is 5.74. The SMILES string of the molecule is CC(C)C(c1cccc(OC(C)(C)C)c1)C(N)C(=O)O. The van der Waals surface area contributed by atoms with E-state index in [-0.39, 0.29) is 17.4 Å². The molecule has 0 saturated carbocycles. The molecule has 0 aliphatic rings. The molecule has 112 valence electrons. The number of aliphatic carboxylic acids is 1. The molecule has 1 aromatic rings. The summed E-state index contributed by atoms with van der Waals surface area (Å²) in [7, 11) is 0. The summed E-state index contributed by atoms with van der Waals surface area (Å²) >= 11 is 0. The van der Waals surface area contributed by atoms with Gasteiger partial charge >= 0.3 is 5.97 Å². The second-order valence-electron chi connectivity index (χ2n) is 6.42. The lowest BCUT2D eigenvalue weighted by atomic mass is 9.82. The molecule has 0 aliphatic heterocycles. The predicted octanol–water partition coefficient (Wildman–Crippen LogP) is 3.02. The molecule has 20 heavy (non-hydrogen) atoms. The first kappa shape index (κ1) is 16.5. The number of carboxylic acid groups (broad SMARTS) is 1. The maximum absolute atomic E-state index is 11.2. The quantitative estimate of drug-likeness (QED) is 0.869. The van der Waals surface area contributed by atoms with Crippen LogP contribution < -0.4 is 10.5 Å². The van der Waals surface area contributed by atoms with Gasteiger partial charge in [-0.05, 0) is 44.4 Å². The second-order valence-corrected chi connectivity index (χ2v) is 6.42. The number of benzene rings is 1. The standard InChI is InChI=1S/C16H25NO3/c1-10(2)13(14(17)15(18)19)11-7-6-8-12(9-11)20-16(3,4)5/h6-10,13-14H,17H2,1-5H3,(H,18,19). The minimum atomic E-state index is -0.981.